The van der Waals surface area contributed by atoms with Crippen molar-refractivity contribution in [2.45, 2.75) is 25.8 Å². The van der Waals surface area contributed by atoms with E-state index >= 15 is 0 Å². The lowest BCUT2D eigenvalue weighted by Gasteiger charge is -2.29. The molecule has 0 aliphatic carbocycles. The van der Waals surface area contributed by atoms with Gasteiger partial charge in [-0.25, -0.2) is 9.97 Å². The van der Waals surface area contributed by atoms with Crippen LogP contribution in [0.3, 0.4) is 0 Å². The third kappa shape index (κ3) is 3.14. The van der Waals surface area contributed by atoms with Crippen molar-refractivity contribution in [2.75, 3.05) is 25.5 Å². The molecule has 0 unspecified atom stereocenters. The highest BCUT2D eigenvalue weighted by Gasteiger charge is 2.16. The average molecular weight is 231 g/mol. The minimum Gasteiger partial charge on any atom is -0.367 e. The second kappa shape index (κ2) is 5.11. The maximum atomic E-state index is 8.85. The molecule has 5 heteroatoms. The van der Waals surface area contributed by atoms with E-state index in [4.69, 9.17) is 5.26 Å². The first kappa shape index (κ1) is 11.8. The molecule has 1 aliphatic rings. The highest BCUT2D eigenvalue weighted by Crippen LogP contribution is 2.14. The fraction of sp³-hybridized carbons (Fsp3) is 0.583. The molecule has 0 aromatic carbocycles. The Hall–Kier alpha value is -1.67. The molecule has 0 bridgehead atoms. The van der Waals surface area contributed by atoms with Crippen LogP contribution in [-0.2, 0) is 0 Å². The van der Waals surface area contributed by atoms with Crippen LogP contribution in [0.1, 0.15) is 24.4 Å². The molecule has 90 valence electrons. The third-order valence-corrected chi connectivity index (χ3v) is 3.02. The molecule has 0 atom stereocenters. The molecule has 0 spiro atoms. The number of likely N-dealkylation sites (tertiary alicyclic amines) is 1. The Morgan fingerprint density at radius 2 is 2.12 bits per heavy atom. The average Bonchev–Trinajstić information content (AvgIpc) is 2.31. The summed E-state index contributed by atoms with van der Waals surface area (Å²) in [6, 6.07) is 4.22. The Balaban J connectivity index is 2.03. The zero-order valence-corrected chi connectivity index (χ0v) is 10.3. The zero-order valence-electron chi connectivity index (χ0n) is 10.3. The number of hydrogen-bond acceptors (Lipinski definition) is 5. The van der Waals surface area contributed by atoms with Gasteiger partial charge in [0.05, 0.1) is 0 Å². The fourth-order valence-corrected chi connectivity index (χ4v) is 2.06. The summed E-state index contributed by atoms with van der Waals surface area (Å²) in [7, 11) is 2.14. The lowest BCUT2D eigenvalue weighted by Crippen LogP contribution is -2.36. The molecule has 1 aliphatic heterocycles. The minimum absolute atomic E-state index is 0.424. The molecule has 17 heavy (non-hydrogen) atoms. The maximum Gasteiger partial charge on any atom is 0.146 e. The van der Waals surface area contributed by atoms with E-state index in [-0.39, 0.29) is 0 Å². The van der Waals surface area contributed by atoms with E-state index < -0.39 is 0 Å². The van der Waals surface area contributed by atoms with Crippen molar-refractivity contribution in [1.82, 2.24) is 14.9 Å². The summed E-state index contributed by atoms with van der Waals surface area (Å²) in [6.45, 7) is 4.01. The largest absolute Gasteiger partial charge is 0.367 e. The summed E-state index contributed by atoms with van der Waals surface area (Å²) < 4.78 is 0. The lowest BCUT2D eigenvalue weighted by atomic mass is 10.1. The molecule has 1 saturated heterocycles. The van der Waals surface area contributed by atoms with Gasteiger partial charge in [0.15, 0.2) is 0 Å². The van der Waals surface area contributed by atoms with Crippen LogP contribution in [0.5, 0.6) is 0 Å². The zero-order chi connectivity index (χ0) is 12.3. The van der Waals surface area contributed by atoms with Gasteiger partial charge >= 0.3 is 0 Å². The van der Waals surface area contributed by atoms with Gasteiger partial charge in [-0.3, -0.25) is 0 Å². The van der Waals surface area contributed by atoms with E-state index in [1.807, 2.05) is 0 Å². The number of nitriles is 1. The highest BCUT2D eigenvalue weighted by molar-refractivity contribution is 5.40. The Kier molecular flexibility index (Phi) is 3.55. The van der Waals surface area contributed by atoms with E-state index in [1.165, 1.54) is 0 Å². The normalized spacial score (nSPS) is 17.7. The summed E-state index contributed by atoms with van der Waals surface area (Å²) in [5, 5.41) is 12.2. The monoisotopic (exact) mass is 231 g/mol. The van der Waals surface area contributed by atoms with Crippen molar-refractivity contribution in [3.63, 3.8) is 0 Å². The van der Waals surface area contributed by atoms with Crippen LogP contribution in [-0.4, -0.2) is 41.0 Å². The van der Waals surface area contributed by atoms with E-state index in [0.717, 1.165) is 31.7 Å². The maximum absolute atomic E-state index is 8.85. The number of anilines is 1. The Morgan fingerprint density at radius 3 is 2.76 bits per heavy atom. The van der Waals surface area contributed by atoms with Crippen molar-refractivity contribution in [2.24, 2.45) is 0 Å². The summed E-state index contributed by atoms with van der Waals surface area (Å²) >= 11 is 0. The lowest BCUT2D eigenvalue weighted by molar-refractivity contribution is 0.263. The Bertz CT molecular complexity index is 429. The number of rotatable bonds is 2. The number of nitrogens with one attached hydrogen (secondary N) is 1. The van der Waals surface area contributed by atoms with Gasteiger partial charge in [0.2, 0.25) is 0 Å². The van der Waals surface area contributed by atoms with Crippen molar-refractivity contribution >= 4 is 5.82 Å². The first-order valence-corrected chi connectivity index (χ1v) is 5.88. The molecule has 2 heterocycles. The van der Waals surface area contributed by atoms with E-state index in [1.54, 1.807) is 13.0 Å². The topological polar surface area (TPSA) is 64.8 Å². The molecule has 0 saturated carbocycles. The van der Waals surface area contributed by atoms with Crippen LogP contribution >= 0.6 is 0 Å². The molecule has 0 radical (unpaired) electrons. The van der Waals surface area contributed by atoms with Gasteiger partial charge < -0.3 is 10.2 Å². The van der Waals surface area contributed by atoms with E-state index in [9.17, 15) is 0 Å². The summed E-state index contributed by atoms with van der Waals surface area (Å²) in [5.74, 6) is 1.41. The number of aryl methyl sites for hydroxylation is 1. The van der Waals surface area contributed by atoms with Crippen molar-refractivity contribution in [1.29, 1.82) is 5.26 Å². The molecule has 0 amide bonds. The first-order valence-electron chi connectivity index (χ1n) is 5.88. The fourth-order valence-electron chi connectivity index (χ4n) is 2.06. The smallest absolute Gasteiger partial charge is 0.146 e. The van der Waals surface area contributed by atoms with Crippen LogP contribution in [0.2, 0.25) is 0 Å². The van der Waals surface area contributed by atoms with E-state index in [0.29, 0.717) is 17.6 Å². The van der Waals surface area contributed by atoms with Crippen molar-refractivity contribution < 1.29 is 0 Å². The van der Waals surface area contributed by atoms with Crippen molar-refractivity contribution in [3.8, 4) is 6.07 Å². The van der Waals surface area contributed by atoms with Gasteiger partial charge in [-0.2, -0.15) is 5.26 Å². The standard InChI is InChI=1S/C12H17N5/c1-9-14-11(8-13)7-12(15-9)16-10-3-5-17(2)6-4-10/h7,10H,3-6H2,1-2H3,(H,14,15,16). The van der Waals surface area contributed by atoms with Gasteiger partial charge in [-0.05, 0) is 39.9 Å². The van der Waals surface area contributed by atoms with Gasteiger partial charge in [-0.1, -0.05) is 0 Å². The molecule has 5 nitrogen and oxygen atoms in total. The van der Waals surface area contributed by atoms with Crippen LogP contribution in [0.4, 0.5) is 5.82 Å². The highest BCUT2D eigenvalue weighted by atomic mass is 15.1. The number of aromatic nitrogens is 2. The van der Waals surface area contributed by atoms with Gasteiger partial charge in [0.25, 0.3) is 0 Å². The molecule has 1 aromatic heterocycles. The Labute approximate surface area is 101 Å². The summed E-state index contributed by atoms with van der Waals surface area (Å²) in [5.41, 5.74) is 0.424. The second-order valence-electron chi connectivity index (χ2n) is 4.52. The van der Waals surface area contributed by atoms with Crippen molar-refractivity contribution in [3.05, 3.63) is 17.6 Å². The predicted molar refractivity (Wildman–Crippen MR) is 65.6 cm³/mol. The minimum atomic E-state index is 0.424. The molecule has 1 N–H and O–H groups in total. The van der Waals surface area contributed by atoms with E-state index in [2.05, 4.69) is 33.3 Å². The third-order valence-electron chi connectivity index (χ3n) is 3.02. The summed E-state index contributed by atoms with van der Waals surface area (Å²) in [6.07, 6.45) is 2.23. The predicted octanol–water partition coefficient (Wildman–Crippen LogP) is 1.16. The van der Waals surface area contributed by atoms with Gasteiger partial charge in [0, 0.05) is 12.1 Å². The van der Waals surface area contributed by atoms with Crippen LogP contribution in [0.25, 0.3) is 0 Å². The quantitative estimate of drug-likeness (QED) is 0.827. The first-order chi connectivity index (χ1) is 8.17. The van der Waals surface area contributed by atoms with Crippen LogP contribution in [0.15, 0.2) is 6.07 Å². The molecule has 1 fully saturated rings. The second-order valence-corrected chi connectivity index (χ2v) is 4.52. The molecule has 2 rings (SSSR count). The number of nitrogens with zero attached hydrogens (tertiary/aromatic N) is 4. The molecular weight excluding hydrogens is 214 g/mol. The SMILES string of the molecule is Cc1nc(C#N)cc(NC2CCN(C)CC2)n1. The Morgan fingerprint density at radius 1 is 1.41 bits per heavy atom. The van der Waals surface area contributed by atoms with Gasteiger partial charge in [0.1, 0.15) is 23.4 Å². The van der Waals surface area contributed by atoms with Gasteiger partial charge in [-0.15, -0.1) is 0 Å². The molecular formula is C12H17N5. The number of hydrogen-bond donors (Lipinski definition) is 1. The van der Waals surface area contributed by atoms with Crippen LogP contribution in [0, 0.1) is 18.3 Å². The van der Waals surface area contributed by atoms with Crippen LogP contribution < -0.4 is 5.32 Å². The number of piperidine rings is 1. The summed E-state index contributed by atoms with van der Waals surface area (Å²) in [4.78, 5) is 10.7. The molecule has 1 aromatic rings.